The van der Waals surface area contributed by atoms with Crippen LogP contribution in [0.3, 0.4) is 0 Å². The Balaban J connectivity index is 1.35. The second kappa shape index (κ2) is 7.44. The van der Waals surface area contributed by atoms with Crippen LogP contribution in [-0.2, 0) is 6.54 Å². The van der Waals surface area contributed by atoms with E-state index < -0.39 is 30.8 Å². The Kier molecular flexibility index (Phi) is 4.71. The zero-order chi connectivity index (χ0) is 21.6. The van der Waals surface area contributed by atoms with E-state index >= 15 is 0 Å². The highest BCUT2D eigenvalue weighted by molar-refractivity contribution is 5.98. The molecule has 0 radical (unpaired) electrons. The lowest BCUT2D eigenvalue weighted by atomic mass is 10.1. The fourth-order valence-electron chi connectivity index (χ4n) is 4.43. The summed E-state index contributed by atoms with van der Waals surface area (Å²) in [4.78, 5) is 31.5. The molecule has 5 rings (SSSR count). The fourth-order valence-corrected chi connectivity index (χ4v) is 4.43. The van der Waals surface area contributed by atoms with Crippen LogP contribution in [0.5, 0.6) is 0 Å². The van der Waals surface area contributed by atoms with Crippen molar-refractivity contribution in [3.05, 3.63) is 47.9 Å². The minimum Gasteiger partial charge on any atom is -0.361 e. The third-order valence-electron chi connectivity index (χ3n) is 5.99. The van der Waals surface area contributed by atoms with Crippen LogP contribution in [0.4, 0.5) is 8.78 Å². The van der Waals surface area contributed by atoms with Crippen LogP contribution in [-0.4, -0.2) is 73.2 Å². The van der Waals surface area contributed by atoms with Crippen LogP contribution in [0, 0.1) is 0 Å². The average molecular weight is 428 g/mol. The average Bonchev–Trinajstić information content (AvgIpc) is 3.53. The van der Waals surface area contributed by atoms with Gasteiger partial charge in [-0.1, -0.05) is 11.3 Å². The van der Waals surface area contributed by atoms with Gasteiger partial charge in [0.15, 0.2) is 5.69 Å². The van der Waals surface area contributed by atoms with E-state index in [0.717, 1.165) is 23.7 Å². The maximum atomic E-state index is 14.3. The summed E-state index contributed by atoms with van der Waals surface area (Å²) in [6.07, 6.45) is 4.70. The first kappa shape index (κ1) is 19.7. The van der Waals surface area contributed by atoms with Crippen LogP contribution in [0.25, 0.3) is 10.9 Å². The van der Waals surface area contributed by atoms with Crippen molar-refractivity contribution in [1.29, 1.82) is 0 Å². The van der Waals surface area contributed by atoms with E-state index in [1.165, 1.54) is 15.8 Å². The number of halogens is 2. The van der Waals surface area contributed by atoms with Gasteiger partial charge in [-0.2, -0.15) is 0 Å². The third-order valence-corrected chi connectivity index (χ3v) is 5.99. The van der Waals surface area contributed by atoms with Crippen molar-refractivity contribution < 1.29 is 18.4 Å². The topological polar surface area (TPSA) is 87.1 Å². The summed E-state index contributed by atoms with van der Waals surface area (Å²) < 4.78 is 29.9. The Morgan fingerprint density at radius 2 is 1.97 bits per heavy atom. The van der Waals surface area contributed by atoms with Gasteiger partial charge in [-0.15, -0.1) is 5.10 Å². The second-order valence-corrected chi connectivity index (χ2v) is 8.25. The number of hydrogen-bond acceptors (Lipinski definition) is 4. The van der Waals surface area contributed by atoms with Gasteiger partial charge in [-0.3, -0.25) is 9.59 Å². The summed E-state index contributed by atoms with van der Waals surface area (Å²) in [6.45, 7) is 0.780. The Bertz CT molecular complexity index is 1130. The van der Waals surface area contributed by atoms with E-state index in [1.54, 1.807) is 29.3 Å². The molecule has 1 atom stereocenters. The molecule has 2 fully saturated rings. The Labute approximate surface area is 176 Å². The minimum absolute atomic E-state index is 0.0480. The van der Waals surface area contributed by atoms with E-state index in [2.05, 4.69) is 15.3 Å². The van der Waals surface area contributed by atoms with E-state index in [4.69, 9.17) is 0 Å². The van der Waals surface area contributed by atoms with Crippen LogP contribution in [0.15, 0.2) is 36.7 Å². The minimum atomic E-state index is -2.98. The van der Waals surface area contributed by atoms with Gasteiger partial charge in [-0.25, -0.2) is 13.5 Å². The maximum absolute atomic E-state index is 14.3. The predicted molar refractivity (Wildman–Crippen MR) is 108 cm³/mol. The molecule has 2 aliphatic heterocycles. The molecule has 2 saturated heterocycles. The molecule has 0 aliphatic carbocycles. The Hall–Kier alpha value is -3.30. The number of carbonyl (C=O) groups is 2. The molecule has 1 N–H and O–H groups in total. The largest absolute Gasteiger partial charge is 0.361 e. The first-order chi connectivity index (χ1) is 14.9. The molecule has 10 heteroatoms. The first-order valence-electron chi connectivity index (χ1n) is 10.3. The lowest BCUT2D eigenvalue weighted by Gasteiger charge is -2.23. The smallest absolute Gasteiger partial charge is 0.276 e. The molecular weight excluding hydrogens is 406 g/mol. The molecule has 8 nitrogen and oxygen atoms in total. The maximum Gasteiger partial charge on any atom is 0.276 e. The van der Waals surface area contributed by atoms with Gasteiger partial charge in [0.2, 0.25) is 0 Å². The molecule has 162 valence electrons. The standard InChI is InChI=1S/C21H22F2N6O2/c22-21(23)10-16(11-28-12-18(25-26-28)20(31)27-7-1-2-8-27)29(13-21)19(30)15-4-3-14-5-6-24-17(14)9-15/h3-6,9,12,16,24H,1-2,7-8,10-11,13H2/t16-/m0/s1. The SMILES string of the molecule is O=C(c1cn(C[C@@H]2CC(F)(F)CN2C(=O)c2ccc3cc[nH]c3c2)nn1)N1CCCC1. The predicted octanol–water partition coefficient (Wildman–Crippen LogP) is 2.55. The molecule has 2 aromatic heterocycles. The van der Waals surface area contributed by atoms with Crippen molar-refractivity contribution in [2.45, 2.75) is 37.8 Å². The monoisotopic (exact) mass is 428 g/mol. The first-order valence-corrected chi connectivity index (χ1v) is 10.3. The van der Waals surface area contributed by atoms with Crippen molar-refractivity contribution in [2.75, 3.05) is 19.6 Å². The molecule has 2 aliphatic rings. The van der Waals surface area contributed by atoms with Crippen LogP contribution >= 0.6 is 0 Å². The molecule has 31 heavy (non-hydrogen) atoms. The number of benzene rings is 1. The number of hydrogen-bond donors (Lipinski definition) is 1. The zero-order valence-corrected chi connectivity index (χ0v) is 16.8. The fraction of sp³-hybridized carbons (Fsp3) is 0.429. The molecule has 1 aromatic carbocycles. The second-order valence-electron chi connectivity index (χ2n) is 8.25. The van der Waals surface area contributed by atoms with Crippen LogP contribution < -0.4 is 0 Å². The summed E-state index contributed by atoms with van der Waals surface area (Å²) in [5, 5.41) is 8.82. The molecule has 3 aromatic rings. The number of alkyl halides is 2. The summed E-state index contributed by atoms with van der Waals surface area (Å²) in [6, 6.07) is 6.23. The van der Waals surface area contributed by atoms with Crippen molar-refractivity contribution in [3.8, 4) is 0 Å². The van der Waals surface area contributed by atoms with Gasteiger partial charge in [0.1, 0.15) is 0 Å². The van der Waals surface area contributed by atoms with Gasteiger partial charge < -0.3 is 14.8 Å². The lowest BCUT2D eigenvalue weighted by Crippen LogP contribution is -2.38. The highest BCUT2D eigenvalue weighted by Crippen LogP contribution is 2.34. The van der Waals surface area contributed by atoms with E-state index in [0.29, 0.717) is 18.7 Å². The van der Waals surface area contributed by atoms with Gasteiger partial charge in [-0.05, 0) is 36.4 Å². The molecular formula is C21H22F2N6O2. The number of nitrogens with zero attached hydrogens (tertiary/aromatic N) is 5. The van der Waals surface area contributed by atoms with Crippen molar-refractivity contribution in [3.63, 3.8) is 0 Å². The van der Waals surface area contributed by atoms with E-state index in [-0.39, 0.29) is 18.1 Å². The molecule has 2 amide bonds. The molecule has 4 heterocycles. The number of carbonyl (C=O) groups excluding carboxylic acids is 2. The number of nitrogens with one attached hydrogen (secondary N) is 1. The number of likely N-dealkylation sites (tertiary alicyclic amines) is 2. The molecule has 0 spiro atoms. The lowest BCUT2D eigenvalue weighted by molar-refractivity contribution is 0.0117. The highest BCUT2D eigenvalue weighted by atomic mass is 19.3. The summed E-state index contributed by atoms with van der Waals surface area (Å²) in [7, 11) is 0. The number of aromatic amines is 1. The van der Waals surface area contributed by atoms with Crippen LogP contribution in [0.2, 0.25) is 0 Å². The molecule has 0 saturated carbocycles. The van der Waals surface area contributed by atoms with Crippen molar-refractivity contribution in [1.82, 2.24) is 29.8 Å². The third kappa shape index (κ3) is 3.77. The normalized spacial score (nSPS) is 20.6. The Morgan fingerprint density at radius 3 is 2.77 bits per heavy atom. The van der Waals surface area contributed by atoms with Crippen LogP contribution in [0.1, 0.15) is 40.1 Å². The molecule has 0 unspecified atom stereocenters. The quantitative estimate of drug-likeness (QED) is 0.692. The van der Waals surface area contributed by atoms with Gasteiger partial charge >= 0.3 is 0 Å². The van der Waals surface area contributed by atoms with E-state index in [9.17, 15) is 18.4 Å². The number of H-pyrrole nitrogens is 1. The summed E-state index contributed by atoms with van der Waals surface area (Å²) in [5.74, 6) is -3.63. The number of rotatable bonds is 4. The van der Waals surface area contributed by atoms with Gasteiger partial charge in [0.05, 0.1) is 25.3 Å². The number of amides is 2. The highest BCUT2D eigenvalue weighted by Gasteiger charge is 2.47. The zero-order valence-electron chi connectivity index (χ0n) is 16.8. The van der Waals surface area contributed by atoms with Gasteiger partial charge in [0, 0.05) is 36.8 Å². The Morgan fingerprint density at radius 1 is 1.16 bits per heavy atom. The number of aromatic nitrogens is 4. The van der Waals surface area contributed by atoms with Gasteiger partial charge in [0.25, 0.3) is 17.7 Å². The summed E-state index contributed by atoms with van der Waals surface area (Å²) >= 11 is 0. The van der Waals surface area contributed by atoms with Crippen molar-refractivity contribution in [2.24, 2.45) is 0 Å². The number of fused-ring (bicyclic) bond motifs is 1. The molecule has 0 bridgehead atoms. The van der Waals surface area contributed by atoms with E-state index in [1.807, 2.05) is 6.07 Å². The summed E-state index contributed by atoms with van der Waals surface area (Å²) in [5.41, 5.74) is 1.32. The van der Waals surface area contributed by atoms with Crippen molar-refractivity contribution >= 4 is 22.7 Å².